The first-order valence-corrected chi connectivity index (χ1v) is 6.71. The van der Waals surface area contributed by atoms with E-state index in [4.69, 9.17) is 5.73 Å². The molecule has 1 rings (SSSR count). The van der Waals surface area contributed by atoms with Crippen LogP contribution in [-0.2, 0) is 9.59 Å². The minimum absolute atomic E-state index is 0.0488. The number of hydrogen-bond donors (Lipinski definition) is 2. The van der Waals surface area contributed by atoms with Crippen LogP contribution >= 0.6 is 0 Å². The van der Waals surface area contributed by atoms with Crippen LogP contribution in [-0.4, -0.2) is 42.6 Å². The highest BCUT2D eigenvalue weighted by atomic mass is 16.2. The molecular weight excluding hydrogens is 256 g/mol. The van der Waals surface area contributed by atoms with E-state index in [9.17, 15) is 9.59 Å². The van der Waals surface area contributed by atoms with Gasteiger partial charge in [0.15, 0.2) is 0 Å². The Morgan fingerprint density at radius 1 is 1.45 bits per heavy atom. The molecule has 0 aromatic carbocycles. The van der Waals surface area contributed by atoms with Crippen LogP contribution in [0.3, 0.4) is 0 Å². The van der Waals surface area contributed by atoms with Gasteiger partial charge in [-0.05, 0) is 12.8 Å². The number of hydrogen-bond acceptors (Lipinski definition) is 4. The largest absolute Gasteiger partial charge is 0.403 e. The fraction of sp³-hybridized carbons (Fsp3) is 0.500. The second kappa shape index (κ2) is 8.14. The van der Waals surface area contributed by atoms with E-state index in [1.165, 1.54) is 12.3 Å². The topological polar surface area (TPSA) is 87.8 Å². The van der Waals surface area contributed by atoms with Crippen LogP contribution < -0.4 is 11.1 Å². The van der Waals surface area contributed by atoms with E-state index in [0.717, 1.165) is 31.9 Å². The number of nitrogens with one attached hydrogen (secondary N) is 1. The summed E-state index contributed by atoms with van der Waals surface area (Å²) in [4.78, 5) is 29.2. The maximum absolute atomic E-state index is 12.0. The van der Waals surface area contributed by atoms with Gasteiger partial charge in [-0.15, -0.1) is 0 Å². The first-order chi connectivity index (χ1) is 9.60. The standard InChI is InChI=1S/C14H22N4O2/c1-3-8-16-12(9-15)14(20)17-10-13(19)18(2)11-6-4-5-7-11/h3,8-9,11H,1,4-7,10,15H2,2H3,(H,17,20)/b12-9-,16-8-. The molecule has 0 aromatic rings. The van der Waals surface area contributed by atoms with Crippen LogP contribution in [0.5, 0.6) is 0 Å². The van der Waals surface area contributed by atoms with Crippen LogP contribution in [0.2, 0.25) is 0 Å². The van der Waals surface area contributed by atoms with Gasteiger partial charge in [-0.3, -0.25) is 9.59 Å². The van der Waals surface area contributed by atoms with Gasteiger partial charge in [0.25, 0.3) is 5.91 Å². The lowest BCUT2D eigenvalue weighted by atomic mass is 10.2. The molecule has 1 fully saturated rings. The predicted molar refractivity (Wildman–Crippen MR) is 79.0 cm³/mol. The monoisotopic (exact) mass is 278 g/mol. The molecule has 0 saturated heterocycles. The van der Waals surface area contributed by atoms with Crippen molar-refractivity contribution in [1.82, 2.24) is 10.2 Å². The number of rotatable bonds is 6. The zero-order chi connectivity index (χ0) is 15.0. The average Bonchev–Trinajstić information content (AvgIpc) is 2.98. The summed E-state index contributed by atoms with van der Waals surface area (Å²) in [6.45, 7) is 3.41. The molecule has 6 nitrogen and oxygen atoms in total. The van der Waals surface area contributed by atoms with E-state index in [-0.39, 0.29) is 18.1 Å². The van der Waals surface area contributed by atoms with Crippen LogP contribution in [0.1, 0.15) is 25.7 Å². The van der Waals surface area contributed by atoms with Crippen LogP contribution in [0.25, 0.3) is 0 Å². The molecule has 6 heteroatoms. The van der Waals surface area contributed by atoms with Gasteiger partial charge >= 0.3 is 0 Å². The Bertz CT molecular complexity index is 423. The van der Waals surface area contributed by atoms with E-state index < -0.39 is 5.91 Å². The second-order valence-corrected chi connectivity index (χ2v) is 4.69. The van der Waals surface area contributed by atoms with Crippen molar-refractivity contribution in [3.63, 3.8) is 0 Å². The number of aliphatic imine (C=N–C) groups is 1. The van der Waals surface area contributed by atoms with Crippen molar-refractivity contribution < 1.29 is 9.59 Å². The van der Waals surface area contributed by atoms with Gasteiger partial charge in [0.2, 0.25) is 5.91 Å². The van der Waals surface area contributed by atoms with Gasteiger partial charge in [-0.2, -0.15) is 0 Å². The lowest BCUT2D eigenvalue weighted by Crippen LogP contribution is -2.42. The number of likely N-dealkylation sites (N-methyl/N-ethyl adjacent to an activating group) is 1. The fourth-order valence-electron chi connectivity index (χ4n) is 2.18. The van der Waals surface area contributed by atoms with E-state index >= 15 is 0 Å². The summed E-state index contributed by atoms with van der Waals surface area (Å²) < 4.78 is 0. The summed E-state index contributed by atoms with van der Waals surface area (Å²) >= 11 is 0. The SMILES string of the molecule is C=C/C=N\C(=C/N)C(=O)NCC(=O)N(C)C1CCCC1. The molecule has 0 heterocycles. The fourth-order valence-corrected chi connectivity index (χ4v) is 2.18. The van der Waals surface area contributed by atoms with Crippen LogP contribution in [0.4, 0.5) is 0 Å². The first kappa shape index (κ1) is 15.9. The molecule has 0 bridgehead atoms. The van der Waals surface area contributed by atoms with Gasteiger partial charge < -0.3 is 16.0 Å². The molecule has 1 saturated carbocycles. The lowest BCUT2D eigenvalue weighted by Gasteiger charge is -2.24. The molecule has 0 spiro atoms. The molecule has 0 aromatic heterocycles. The van der Waals surface area contributed by atoms with Gasteiger partial charge in [0.1, 0.15) is 5.70 Å². The zero-order valence-corrected chi connectivity index (χ0v) is 11.8. The highest BCUT2D eigenvalue weighted by Gasteiger charge is 2.23. The number of carbonyl (C=O) groups excluding carboxylic acids is 2. The summed E-state index contributed by atoms with van der Waals surface area (Å²) in [5.74, 6) is -0.576. The van der Waals surface area contributed by atoms with Crippen molar-refractivity contribution in [2.24, 2.45) is 10.7 Å². The van der Waals surface area contributed by atoms with Gasteiger partial charge in [-0.1, -0.05) is 25.5 Å². The Balaban J connectivity index is 2.45. The molecule has 0 aliphatic heterocycles. The van der Waals surface area contributed by atoms with E-state index in [1.807, 2.05) is 0 Å². The Labute approximate surface area is 119 Å². The summed E-state index contributed by atoms with van der Waals surface area (Å²) in [5.41, 5.74) is 5.37. The second-order valence-electron chi connectivity index (χ2n) is 4.69. The Morgan fingerprint density at radius 3 is 2.65 bits per heavy atom. The maximum atomic E-state index is 12.0. The Hall–Kier alpha value is -2.11. The minimum Gasteiger partial charge on any atom is -0.403 e. The van der Waals surface area contributed by atoms with Gasteiger partial charge in [-0.25, -0.2) is 4.99 Å². The molecule has 1 aliphatic rings. The highest BCUT2D eigenvalue weighted by Crippen LogP contribution is 2.22. The maximum Gasteiger partial charge on any atom is 0.271 e. The minimum atomic E-state index is -0.473. The smallest absolute Gasteiger partial charge is 0.271 e. The van der Waals surface area contributed by atoms with Crippen molar-refractivity contribution in [3.05, 3.63) is 24.6 Å². The Morgan fingerprint density at radius 2 is 2.10 bits per heavy atom. The van der Waals surface area contributed by atoms with Crippen molar-refractivity contribution in [3.8, 4) is 0 Å². The first-order valence-electron chi connectivity index (χ1n) is 6.71. The number of allylic oxidation sites excluding steroid dienone is 1. The lowest BCUT2D eigenvalue weighted by molar-refractivity contribution is -0.132. The van der Waals surface area contributed by atoms with Gasteiger partial charge in [0, 0.05) is 25.5 Å². The third-order valence-corrected chi connectivity index (χ3v) is 3.38. The molecule has 0 radical (unpaired) electrons. The molecule has 3 N–H and O–H groups in total. The molecule has 0 unspecified atom stereocenters. The molecule has 1 aliphatic carbocycles. The van der Waals surface area contributed by atoms with E-state index in [1.54, 1.807) is 11.9 Å². The number of nitrogens with two attached hydrogens (primary N) is 1. The summed E-state index contributed by atoms with van der Waals surface area (Å²) in [6, 6.07) is 0.294. The van der Waals surface area contributed by atoms with Crippen LogP contribution in [0, 0.1) is 0 Å². The highest BCUT2D eigenvalue weighted by molar-refractivity contribution is 5.97. The van der Waals surface area contributed by atoms with Crippen molar-refractivity contribution in [1.29, 1.82) is 0 Å². The summed E-state index contributed by atoms with van der Waals surface area (Å²) in [5, 5.41) is 2.52. The van der Waals surface area contributed by atoms with E-state index in [2.05, 4.69) is 16.9 Å². The zero-order valence-electron chi connectivity index (χ0n) is 11.8. The normalized spacial score (nSPS) is 16.4. The van der Waals surface area contributed by atoms with Crippen molar-refractivity contribution in [2.75, 3.05) is 13.6 Å². The molecule has 20 heavy (non-hydrogen) atoms. The van der Waals surface area contributed by atoms with Gasteiger partial charge in [0.05, 0.1) is 6.54 Å². The predicted octanol–water partition coefficient (Wildman–Crippen LogP) is 0.561. The van der Waals surface area contributed by atoms with Crippen molar-refractivity contribution >= 4 is 18.0 Å². The molecule has 110 valence electrons. The average molecular weight is 278 g/mol. The number of nitrogens with zero attached hydrogens (tertiary/aromatic N) is 2. The van der Waals surface area contributed by atoms with Crippen molar-refractivity contribution in [2.45, 2.75) is 31.7 Å². The summed E-state index contributed by atoms with van der Waals surface area (Å²) in [6.07, 6.45) is 8.29. The molecule has 0 atom stereocenters. The Kier molecular flexibility index (Phi) is 6.49. The number of amides is 2. The third-order valence-electron chi connectivity index (χ3n) is 3.38. The quantitative estimate of drug-likeness (QED) is 0.549. The number of carbonyl (C=O) groups is 2. The van der Waals surface area contributed by atoms with Crippen LogP contribution in [0.15, 0.2) is 29.5 Å². The summed E-state index contributed by atoms with van der Waals surface area (Å²) in [7, 11) is 1.78. The third kappa shape index (κ3) is 4.53. The molecular formula is C14H22N4O2. The van der Waals surface area contributed by atoms with E-state index in [0.29, 0.717) is 6.04 Å². The molecule has 2 amide bonds.